The Labute approximate surface area is 262 Å². The number of nitrogens with two attached hydrogens (primary N) is 1. The van der Waals surface area contributed by atoms with Gasteiger partial charge < -0.3 is 31.3 Å². The fourth-order valence-corrected chi connectivity index (χ4v) is 6.20. The van der Waals surface area contributed by atoms with Crippen molar-refractivity contribution in [2.45, 2.75) is 56.6 Å². The standard InChI is InChI=1S/C32H42N8O3S/c33-32(35-17-8-15-24-12-5-2-6-13-24)36-18-9-19-44-20-25-27(41)28(42)31(43-25)40-22-39-26-29(37-21-38-30(26)40)34-16-7-14-23-10-3-1-4-11-23/h1-6,10-13,21-22,25,27-28,31,41-42H,7-9,14-20H2,(H3,33,35,36)(H,34,37,38)/t25-,27-,28-,31-/m1/s1. The van der Waals surface area contributed by atoms with Gasteiger partial charge >= 0.3 is 0 Å². The molecule has 0 aliphatic carbocycles. The molecular formula is C32H42N8O3S. The average Bonchev–Trinajstić information content (AvgIpc) is 3.61. The number of benzene rings is 2. The van der Waals surface area contributed by atoms with E-state index in [4.69, 9.17) is 10.5 Å². The zero-order valence-electron chi connectivity index (χ0n) is 24.8. The van der Waals surface area contributed by atoms with Crippen molar-refractivity contribution in [3.63, 3.8) is 0 Å². The van der Waals surface area contributed by atoms with Crippen molar-refractivity contribution in [1.82, 2.24) is 24.8 Å². The number of imidazole rings is 1. The van der Waals surface area contributed by atoms with Crippen LogP contribution in [0.3, 0.4) is 0 Å². The maximum atomic E-state index is 10.8. The van der Waals surface area contributed by atoms with Gasteiger partial charge in [0.2, 0.25) is 0 Å². The molecule has 1 aliphatic heterocycles. The van der Waals surface area contributed by atoms with Crippen LogP contribution in [0.1, 0.15) is 36.6 Å². The summed E-state index contributed by atoms with van der Waals surface area (Å²) in [7, 11) is 0. The van der Waals surface area contributed by atoms with Gasteiger partial charge in [0.15, 0.2) is 29.2 Å². The Morgan fingerprint density at radius 1 is 0.909 bits per heavy atom. The van der Waals surface area contributed by atoms with Crippen molar-refractivity contribution in [2.24, 2.45) is 10.7 Å². The number of rotatable bonds is 16. The Hall–Kier alpha value is -3.71. The minimum absolute atomic E-state index is 0.463. The smallest absolute Gasteiger partial charge is 0.188 e. The highest BCUT2D eigenvalue weighted by molar-refractivity contribution is 7.99. The van der Waals surface area contributed by atoms with E-state index in [2.05, 4.69) is 54.8 Å². The predicted molar refractivity (Wildman–Crippen MR) is 176 cm³/mol. The van der Waals surface area contributed by atoms with E-state index in [0.717, 1.165) is 44.4 Å². The van der Waals surface area contributed by atoms with E-state index in [1.54, 1.807) is 22.7 Å². The van der Waals surface area contributed by atoms with Crippen LogP contribution in [0.25, 0.3) is 11.2 Å². The SMILES string of the molecule is NC(=NCCCc1ccccc1)NCCCSC[C@H]1O[C@@H](n2cnc3c(NCCCc4ccccc4)ncnc32)[C@H](O)[C@@H]1O. The molecule has 2 aromatic carbocycles. The molecule has 12 heteroatoms. The first-order chi connectivity index (χ1) is 21.6. The quantitative estimate of drug-likeness (QED) is 0.0718. The number of hydrogen-bond acceptors (Lipinski definition) is 9. The summed E-state index contributed by atoms with van der Waals surface area (Å²) in [6.45, 7) is 2.13. The van der Waals surface area contributed by atoms with Crippen LogP contribution in [0.4, 0.5) is 5.82 Å². The molecule has 0 saturated carbocycles. The first kappa shape index (κ1) is 31.7. The van der Waals surface area contributed by atoms with Crippen LogP contribution < -0.4 is 16.4 Å². The van der Waals surface area contributed by atoms with Gasteiger partial charge in [0.25, 0.3) is 0 Å². The number of aliphatic hydroxyl groups is 2. The Balaban J connectivity index is 1.02. The van der Waals surface area contributed by atoms with Crippen molar-refractivity contribution in [1.29, 1.82) is 0 Å². The monoisotopic (exact) mass is 618 g/mol. The lowest BCUT2D eigenvalue weighted by atomic mass is 10.1. The summed E-state index contributed by atoms with van der Waals surface area (Å²) < 4.78 is 7.80. The molecule has 5 rings (SSSR count). The molecule has 0 unspecified atom stereocenters. The van der Waals surface area contributed by atoms with Crippen LogP contribution >= 0.6 is 11.8 Å². The summed E-state index contributed by atoms with van der Waals surface area (Å²) in [6.07, 6.45) is 4.36. The van der Waals surface area contributed by atoms with Gasteiger partial charge in [0.1, 0.15) is 18.5 Å². The van der Waals surface area contributed by atoms with Gasteiger partial charge in [-0.15, -0.1) is 0 Å². The minimum Gasteiger partial charge on any atom is -0.387 e. The number of hydrogen-bond donors (Lipinski definition) is 5. The summed E-state index contributed by atoms with van der Waals surface area (Å²) in [5, 5.41) is 28.1. The summed E-state index contributed by atoms with van der Waals surface area (Å²) in [5.74, 6) is 2.49. The molecule has 0 amide bonds. The largest absolute Gasteiger partial charge is 0.387 e. The molecule has 2 aromatic heterocycles. The first-order valence-corrected chi connectivity index (χ1v) is 16.4. The topological polar surface area (TPSA) is 156 Å². The van der Waals surface area contributed by atoms with Gasteiger partial charge in [-0.2, -0.15) is 11.8 Å². The third-order valence-corrected chi connectivity index (χ3v) is 8.69. The first-order valence-electron chi connectivity index (χ1n) is 15.2. The van der Waals surface area contributed by atoms with Crippen LogP contribution in [0.2, 0.25) is 0 Å². The molecule has 4 atom stereocenters. The normalized spacial score (nSPS) is 20.3. The molecule has 3 heterocycles. The van der Waals surface area contributed by atoms with Crippen LogP contribution in [0.5, 0.6) is 0 Å². The van der Waals surface area contributed by atoms with Crippen LogP contribution in [0, 0.1) is 0 Å². The van der Waals surface area contributed by atoms with Crippen molar-refractivity contribution in [2.75, 3.05) is 36.5 Å². The van der Waals surface area contributed by atoms with E-state index in [0.29, 0.717) is 41.8 Å². The molecule has 0 spiro atoms. The predicted octanol–water partition coefficient (Wildman–Crippen LogP) is 3.15. The number of aryl methyl sites for hydroxylation is 2. The van der Waals surface area contributed by atoms with E-state index in [1.165, 1.54) is 17.5 Å². The Morgan fingerprint density at radius 2 is 1.64 bits per heavy atom. The lowest BCUT2D eigenvalue weighted by Gasteiger charge is -2.16. The van der Waals surface area contributed by atoms with Gasteiger partial charge in [-0.3, -0.25) is 9.56 Å². The number of aliphatic imine (C=N–C) groups is 1. The Bertz CT molecular complexity index is 1460. The highest BCUT2D eigenvalue weighted by Gasteiger charge is 2.44. The Morgan fingerprint density at radius 3 is 2.39 bits per heavy atom. The number of nitrogens with zero attached hydrogens (tertiary/aromatic N) is 5. The fourth-order valence-electron chi connectivity index (χ4n) is 5.18. The summed E-state index contributed by atoms with van der Waals surface area (Å²) in [6, 6.07) is 20.7. The molecule has 44 heavy (non-hydrogen) atoms. The van der Waals surface area contributed by atoms with Gasteiger partial charge in [0, 0.05) is 25.4 Å². The minimum atomic E-state index is -1.10. The molecule has 4 aromatic rings. The molecule has 1 aliphatic rings. The maximum Gasteiger partial charge on any atom is 0.188 e. The number of thioether (sulfide) groups is 1. The molecule has 6 N–H and O–H groups in total. The van der Waals surface area contributed by atoms with Crippen LogP contribution in [-0.4, -0.2) is 85.1 Å². The Kier molecular flexibility index (Phi) is 11.8. The van der Waals surface area contributed by atoms with E-state index in [1.807, 2.05) is 36.4 Å². The summed E-state index contributed by atoms with van der Waals surface area (Å²) >= 11 is 1.66. The van der Waals surface area contributed by atoms with E-state index in [9.17, 15) is 10.2 Å². The third-order valence-electron chi connectivity index (χ3n) is 7.55. The van der Waals surface area contributed by atoms with E-state index >= 15 is 0 Å². The van der Waals surface area contributed by atoms with Gasteiger partial charge in [0.05, 0.1) is 12.4 Å². The number of guanidine groups is 1. The number of anilines is 1. The lowest BCUT2D eigenvalue weighted by molar-refractivity contribution is -0.0289. The molecule has 0 bridgehead atoms. The molecule has 0 radical (unpaired) electrons. The number of ether oxygens (including phenoxy) is 1. The van der Waals surface area contributed by atoms with E-state index < -0.39 is 24.5 Å². The fraction of sp³-hybridized carbons (Fsp3) is 0.438. The highest BCUT2D eigenvalue weighted by Crippen LogP contribution is 2.33. The van der Waals surface area contributed by atoms with Gasteiger partial charge in [-0.05, 0) is 49.0 Å². The molecule has 234 valence electrons. The maximum absolute atomic E-state index is 10.8. The van der Waals surface area contributed by atoms with E-state index in [-0.39, 0.29) is 0 Å². The number of aromatic nitrogens is 4. The van der Waals surface area contributed by atoms with Crippen molar-refractivity contribution in [3.8, 4) is 0 Å². The second-order valence-electron chi connectivity index (χ2n) is 10.8. The highest BCUT2D eigenvalue weighted by atomic mass is 32.2. The zero-order chi connectivity index (χ0) is 30.6. The van der Waals surface area contributed by atoms with Gasteiger partial charge in [-0.1, -0.05) is 60.7 Å². The summed E-state index contributed by atoms with van der Waals surface area (Å²) in [4.78, 5) is 17.7. The van der Waals surface area contributed by atoms with Crippen LogP contribution in [-0.2, 0) is 17.6 Å². The zero-order valence-corrected chi connectivity index (χ0v) is 25.6. The van der Waals surface area contributed by atoms with Gasteiger partial charge in [-0.25, -0.2) is 15.0 Å². The molecule has 11 nitrogen and oxygen atoms in total. The second-order valence-corrected chi connectivity index (χ2v) is 12.0. The molecular weight excluding hydrogens is 576 g/mol. The van der Waals surface area contributed by atoms with Crippen LogP contribution in [0.15, 0.2) is 78.3 Å². The summed E-state index contributed by atoms with van der Waals surface area (Å²) in [5.41, 5.74) is 9.74. The average molecular weight is 619 g/mol. The third kappa shape index (κ3) is 8.69. The van der Waals surface area contributed by atoms with Crippen molar-refractivity contribution < 1.29 is 14.9 Å². The van der Waals surface area contributed by atoms with Crippen molar-refractivity contribution in [3.05, 3.63) is 84.4 Å². The number of fused-ring (bicyclic) bond motifs is 1. The lowest BCUT2D eigenvalue weighted by Crippen LogP contribution is -2.33. The molecule has 1 fully saturated rings. The molecule has 1 saturated heterocycles. The number of nitrogens with one attached hydrogen (secondary N) is 2. The number of aliphatic hydroxyl groups excluding tert-OH is 2. The van der Waals surface area contributed by atoms with Crippen molar-refractivity contribution >= 4 is 34.7 Å². The second kappa shape index (κ2) is 16.4.